The molecule has 0 saturated carbocycles. The van der Waals surface area contributed by atoms with E-state index in [2.05, 4.69) is 17.4 Å². The Hall–Kier alpha value is -4.07. The van der Waals surface area contributed by atoms with E-state index in [-0.39, 0.29) is 29.9 Å². The highest BCUT2D eigenvalue weighted by Gasteiger charge is 2.37. The summed E-state index contributed by atoms with van der Waals surface area (Å²) in [4.78, 5) is 38.8. The van der Waals surface area contributed by atoms with Crippen LogP contribution in [0.3, 0.4) is 0 Å². The first-order valence-electron chi connectivity index (χ1n) is 11.7. The predicted octanol–water partition coefficient (Wildman–Crippen LogP) is 4.97. The van der Waals surface area contributed by atoms with Gasteiger partial charge in [0.05, 0.1) is 12.0 Å². The lowest BCUT2D eigenvalue weighted by atomic mass is 9.94. The Kier molecular flexibility index (Phi) is 6.03. The molecule has 8 nitrogen and oxygen atoms in total. The van der Waals surface area contributed by atoms with Gasteiger partial charge < -0.3 is 19.2 Å². The van der Waals surface area contributed by atoms with Crippen LogP contribution in [0.25, 0.3) is 11.1 Å². The van der Waals surface area contributed by atoms with E-state index in [1.807, 2.05) is 43.3 Å². The molecule has 2 unspecified atom stereocenters. The monoisotopic (exact) mass is 474 g/mol. The number of amides is 2. The van der Waals surface area contributed by atoms with Crippen LogP contribution in [0.15, 0.2) is 65.3 Å². The Morgan fingerprint density at radius 1 is 1.03 bits per heavy atom. The van der Waals surface area contributed by atoms with Gasteiger partial charge in [0.1, 0.15) is 12.6 Å². The van der Waals surface area contributed by atoms with Crippen LogP contribution in [-0.4, -0.2) is 47.2 Å². The van der Waals surface area contributed by atoms with Crippen molar-refractivity contribution < 1.29 is 28.6 Å². The van der Waals surface area contributed by atoms with Crippen molar-refractivity contribution in [2.24, 2.45) is 5.92 Å². The first-order chi connectivity index (χ1) is 16.9. The lowest BCUT2D eigenvalue weighted by Crippen LogP contribution is -2.50. The first kappa shape index (κ1) is 22.7. The summed E-state index contributed by atoms with van der Waals surface area (Å²) in [7, 11) is 0. The number of rotatable bonds is 5. The van der Waals surface area contributed by atoms with E-state index in [0.717, 1.165) is 28.7 Å². The number of aliphatic carboxylic acids is 1. The summed E-state index contributed by atoms with van der Waals surface area (Å²) in [6.07, 6.45) is 1.67. The van der Waals surface area contributed by atoms with Gasteiger partial charge in [-0.15, -0.1) is 0 Å². The molecule has 2 atom stereocenters. The molecule has 2 amide bonds. The molecule has 35 heavy (non-hydrogen) atoms. The third kappa shape index (κ3) is 4.27. The van der Waals surface area contributed by atoms with Crippen molar-refractivity contribution in [3.05, 3.63) is 77.7 Å². The van der Waals surface area contributed by atoms with Crippen molar-refractivity contribution >= 4 is 23.7 Å². The Balaban J connectivity index is 1.28. The molecule has 1 aliphatic heterocycles. The number of hydrogen-bond acceptors (Lipinski definition) is 5. The fourth-order valence-corrected chi connectivity index (χ4v) is 5.08. The molecular formula is C27H26N2O6. The van der Waals surface area contributed by atoms with Gasteiger partial charge >= 0.3 is 12.1 Å². The van der Waals surface area contributed by atoms with Crippen molar-refractivity contribution in [1.82, 2.24) is 4.90 Å². The Labute approximate surface area is 202 Å². The summed E-state index contributed by atoms with van der Waals surface area (Å²) < 4.78 is 10.9. The summed E-state index contributed by atoms with van der Waals surface area (Å²) in [5.41, 5.74) is 4.60. The predicted molar refractivity (Wildman–Crippen MR) is 128 cm³/mol. The number of benzene rings is 2. The summed E-state index contributed by atoms with van der Waals surface area (Å²) in [6, 6.07) is 16.6. The van der Waals surface area contributed by atoms with Crippen molar-refractivity contribution in [2.75, 3.05) is 18.5 Å². The standard InChI is InChI=1S/C27H26N2O6/c1-16-10-11-23(26(31)32)29(14-16)25(30)24-22(12-13-34-24)28-27(33)35-15-21-19-8-4-2-6-17(19)18-7-3-5-9-20(18)21/h2-9,12-13,16,21,23H,10-11,14-15H2,1H3,(H,28,33)(H,31,32). The van der Waals surface area contributed by atoms with Crippen LogP contribution >= 0.6 is 0 Å². The number of carbonyl (C=O) groups excluding carboxylic acids is 2. The number of nitrogens with one attached hydrogen (secondary N) is 1. The number of anilines is 1. The van der Waals surface area contributed by atoms with Crippen LogP contribution in [0.2, 0.25) is 0 Å². The molecule has 2 N–H and O–H groups in total. The normalized spacial score (nSPS) is 19.1. The first-order valence-corrected chi connectivity index (χ1v) is 11.7. The van der Waals surface area contributed by atoms with E-state index in [9.17, 15) is 19.5 Å². The van der Waals surface area contributed by atoms with Crippen LogP contribution in [0, 0.1) is 5.92 Å². The van der Waals surface area contributed by atoms with Gasteiger partial charge in [0.25, 0.3) is 5.91 Å². The van der Waals surface area contributed by atoms with Gasteiger partial charge in [-0.1, -0.05) is 55.5 Å². The largest absolute Gasteiger partial charge is 0.480 e. The van der Waals surface area contributed by atoms with Crippen LogP contribution in [0.1, 0.15) is 47.4 Å². The maximum absolute atomic E-state index is 13.1. The van der Waals surface area contributed by atoms with Crippen LogP contribution in [0.5, 0.6) is 0 Å². The van der Waals surface area contributed by atoms with Gasteiger partial charge in [0, 0.05) is 18.5 Å². The summed E-state index contributed by atoms with van der Waals surface area (Å²) in [6.45, 7) is 2.41. The maximum atomic E-state index is 13.1. The number of piperidine rings is 1. The number of nitrogens with zero attached hydrogens (tertiary/aromatic N) is 1. The second-order valence-corrected chi connectivity index (χ2v) is 9.11. The average Bonchev–Trinajstić information content (AvgIpc) is 3.44. The Bertz CT molecular complexity index is 1240. The third-order valence-electron chi connectivity index (χ3n) is 6.80. The zero-order valence-electron chi connectivity index (χ0n) is 19.3. The molecule has 0 spiro atoms. The summed E-state index contributed by atoms with van der Waals surface area (Å²) in [5.74, 6) is -1.66. The van der Waals surface area contributed by atoms with Crippen molar-refractivity contribution in [3.8, 4) is 11.1 Å². The van der Waals surface area contributed by atoms with Crippen LogP contribution in [0.4, 0.5) is 10.5 Å². The number of likely N-dealkylation sites (tertiary alicyclic amines) is 1. The fourth-order valence-electron chi connectivity index (χ4n) is 5.08. The molecule has 5 rings (SSSR count). The molecule has 1 aromatic heterocycles. The van der Waals surface area contributed by atoms with Gasteiger partial charge in [-0.25, -0.2) is 9.59 Å². The smallest absolute Gasteiger partial charge is 0.411 e. The molecular weight excluding hydrogens is 448 g/mol. The molecule has 0 radical (unpaired) electrons. The summed E-state index contributed by atoms with van der Waals surface area (Å²) >= 11 is 0. The zero-order valence-corrected chi connectivity index (χ0v) is 19.3. The Morgan fingerprint density at radius 2 is 1.69 bits per heavy atom. The van der Waals surface area contributed by atoms with E-state index in [4.69, 9.17) is 9.15 Å². The lowest BCUT2D eigenvalue weighted by Gasteiger charge is -2.35. The second-order valence-electron chi connectivity index (χ2n) is 9.11. The molecule has 2 heterocycles. The van der Waals surface area contributed by atoms with Crippen LogP contribution in [-0.2, 0) is 9.53 Å². The number of ether oxygens (including phenoxy) is 1. The number of carboxylic acids is 1. The Morgan fingerprint density at radius 3 is 2.34 bits per heavy atom. The quantitative estimate of drug-likeness (QED) is 0.541. The van der Waals surface area contributed by atoms with Crippen molar-refractivity contribution in [3.63, 3.8) is 0 Å². The highest BCUT2D eigenvalue weighted by atomic mass is 16.5. The van der Waals surface area contributed by atoms with E-state index < -0.39 is 24.0 Å². The van der Waals surface area contributed by atoms with Gasteiger partial charge in [-0.3, -0.25) is 10.1 Å². The van der Waals surface area contributed by atoms with Gasteiger partial charge in [-0.05, 0) is 41.0 Å². The molecule has 1 aliphatic carbocycles. The minimum atomic E-state index is -1.05. The van der Waals surface area contributed by atoms with E-state index in [0.29, 0.717) is 13.0 Å². The average molecular weight is 475 g/mol. The van der Waals surface area contributed by atoms with E-state index in [1.54, 1.807) is 0 Å². The van der Waals surface area contributed by atoms with Crippen molar-refractivity contribution in [1.29, 1.82) is 0 Å². The van der Waals surface area contributed by atoms with Gasteiger partial charge in [0.15, 0.2) is 0 Å². The van der Waals surface area contributed by atoms with Crippen molar-refractivity contribution in [2.45, 2.75) is 31.7 Å². The number of furan rings is 1. The highest BCUT2D eigenvalue weighted by molar-refractivity contribution is 6.01. The molecule has 8 heteroatoms. The molecule has 180 valence electrons. The maximum Gasteiger partial charge on any atom is 0.411 e. The zero-order chi connectivity index (χ0) is 24.5. The SMILES string of the molecule is CC1CCC(C(=O)O)N(C(=O)c2occc2NC(=O)OCC2c3ccccc3-c3ccccc32)C1. The number of carboxylic acid groups (broad SMARTS) is 1. The molecule has 2 aromatic carbocycles. The molecule has 2 aliphatic rings. The topological polar surface area (TPSA) is 109 Å². The van der Waals surface area contributed by atoms with Gasteiger partial charge in [-0.2, -0.15) is 0 Å². The highest BCUT2D eigenvalue weighted by Crippen LogP contribution is 2.44. The number of fused-ring (bicyclic) bond motifs is 3. The van der Waals surface area contributed by atoms with Crippen LogP contribution < -0.4 is 5.32 Å². The summed E-state index contributed by atoms with van der Waals surface area (Å²) in [5, 5.41) is 12.1. The lowest BCUT2D eigenvalue weighted by molar-refractivity contribution is -0.143. The molecule has 3 aromatic rings. The molecule has 1 saturated heterocycles. The molecule has 0 bridgehead atoms. The third-order valence-corrected chi connectivity index (χ3v) is 6.80. The molecule has 1 fully saturated rings. The fraction of sp³-hybridized carbons (Fsp3) is 0.296. The van der Waals surface area contributed by atoms with Gasteiger partial charge in [0.2, 0.25) is 5.76 Å². The second kappa shape index (κ2) is 9.29. The number of carbonyl (C=O) groups is 3. The minimum Gasteiger partial charge on any atom is -0.480 e. The van der Waals surface area contributed by atoms with E-state index in [1.165, 1.54) is 17.2 Å². The van der Waals surface area contributed by atoms with E-state index >= 15 is 0 Å². The number of hydrogen-bond donors (Lipinski definition) is 2. The minimum absolute atomic E-state index is 0.0928.